The quantitative estimate of drug-likeness (QED) is 0.555. The van der Waals surface area contributed by atoms with Gasteiger partial charge in [-0.2, -0.15) is 0 Å². The monoisotopic (exact) mass is 393 g/mol. The molecule has 0 radical (unpaired) electrons. The molecule has 1 heterocycles. The zero-order valence-corrected chi connectivity index (χ0v) is 16.5. The largest absolute Gasteiger partial charge is 0.464 e. The van der Waals surface area contributed by atoms with Gasteiger partial charge in [0.25, 0.3) is 0 Å². The number of halogens is 1. The number of aromatic nitrogens is 2. The van der Waals surface area contributed by atoms with E-state index < -0.39 is 5.97 Å². The highest BCUT2D eigenvalue weighted by atomic mass is 35.5. The maximum Gasteiger partial charge on any atom is 0.358 e. The summed E-state index contributed by atoms with van der Waals surface area (Å²) in [7, 11) is 3.21. The van der Waals surface area contributed by atoms with E-state index in [1.807, 2.05) is 42.3 Å². The van der Waals surface area contributed by atoms with E-state index in [9.17, 15) is 4.79 Å². The second kappa shape index (κ2) is 7.60. The summed E-state index contributed by atoms with van der Waals surface area (Å²) in [4.78, 5) is 23.1. The number of hydrogen-bond acceptors (Lipinski definition) is 5. The molecule has 0 atom stereocenters. The van der Waals surface area contributed by atoms with Gasteiger partial charge in [0, 0.05) is 18.7 Å². The number of carbonyl (C=O) groups excluding carboxylic acids is 1. The van der Waals surface area contributed by atoms with Gasteiger partial charge in [0.15, 0.2) is 11.5 Å². The van der Waals surface area contributed by atoms with Crippen LogP contribution in [0, 0.1) is 0 Å². The highest BCUT2D eigenvalue weighted by Crippen LogP contribution is 2.41. The fraction of sp³-hybridized carbons (Fsp3) is 0.227. The molecule has 6 heteroatoms. The maximum absolute atomic E-state index is 12.2. The lowest BCUT2D eigenvalue weighted by Gasteiger charge is -2.22. The lowest BCUT2D eigenvalue weighted by atomic mass is 10.1. The molecule has 2 aromatic carbocycles. The van der Waals surface area contributed by atoms with Crippen molar-refractivity contribution in [2.24, 2.45) is 0 Å². The van der Waals surface area contributed by atoms with Crippen molar-refractivity contribution in [3.8, 4) is 11.1 Å². The Balaban J connectivity index is 1.77. The lowest BCUT2D eigenvalue weighted by molar-refractivity contribution is 0.0593. The van der Waals surface area contributed by atoms with E-state index in [-0.39, 0.29) is 16.6 Å². The molecule has 0 N–H and O–H groups in total. The molecule has 0 saturated heterocycles. The van der Waals surface area contributed by atoms with Gasteiger partial charge in [-0.25, -0.2) is 14.8 Å². The number of ether oxygens (including phenoxy) is 1. The van der Waals surface area contributed by atoms with Crippen LogP contribution in [0.25, 0.3) is 11.1 Å². The van der Waals surface area contributed by atoms with Gasteiger partial charge in [-0.1, -0.05) is 54.1 Å². The first-order valence-electron chi connectivity index (χ1n) is 9.13. The summed E-state index contributed by atoms with van der Waals surface area (Å²) in [6.45, 7) is 0. The molecule has 0 bridgehead atoms. The van der Waals surface area contributed by atoms with E-state index in [4.69, 9.17) is 16.3 Å². The molecule has 0 unspecified atom stereocenters. The third-order valence-corrected chi connectivity index (χ3v) is 5.18. The Kier molecular flexibility index (Phi) is 5.01. The summed E-state index contributed by atoms with van der Waals surface area (Å²) in [6.07, 6.45) is 2.05. The average molecular weight is 394 g/mol. The lowest BCUT2D eigenvalue weighted by Crippen LogP contribution is -2.17. The van der Waals surface area contributed by atoms with Crippen LogP contribution >= 0.6 is 11.6 Å². The average Bonchev–Trinajstić information content (AvgIpc) is 3.59. The van der Waals surface area contributed by atoms with Crippen molar-refractivity contribution in [3.05, 3.63) is 71.1 Å². The van der Waals surface area contributed by atoms with Gasteiger partial charge in [0.2, 0.25) is 0 Å². The molecule has 28 heavy (non-hydrogen) atoms. The van der Waals surface area contributed by atoms with Gasteiger partial charge < -0.3 is 9.64 Å². The zero-order valence-electron chi connectivity index (χ0n) is 15.7. The summed E-state index contributed by atoms with van der Waals surface area (Å²) in [5, 5.41) is 0.198. The Hall–Kier alpha value is -2.92. The van der Waals surface area contributed by atoms with Crippen LogP contribution in [0.2, 0.25) is 5.02 Å². The topological polar surface area (TPSA) is 55.3 Å². The third-order valence-electron chi connectivity index (χ3n) is 4.83. The molecule has 0 aliphatic heterocycles. The molecule has 0 spiro atoms. The first-order valence-corrected chi connectivity index (χ1v) is 9.51. The first kappa shape index (κ1) is 18.4. The highest BCUT2D eigenvalue weighted by molar-refractivity contribution is 6.35. The Labute approximate surface area is 169 Å². The molecule has 1 aromatic heterocycles. The Bertz CT molecular complexity index is 1020. The fourth-order valence-electron chi connectivity index (χ4n) is 3.08. The molecule has 4 rings (SSSR count). The van der Waals surface area contributed by atoms with Crippen molar-refractivity contribution in [1.29, 1.82) is 0 Å². The Morgan fingerprint density at radius 1 is 1.07 bits per heavy atom. The van der Waals surface area contributed by atoms with E-state index in [1.54, 1.807) is 0 Å². The summed E-state index contributed by atoms with van der Waals surface area (Å²) in [5.74, 6) is 0.875. The number of esters is 1. The van der Waals surface area contributed by atoms with Gasteiger partial charge in [-0.15, -0.1) is 0 Å². The molecule has 5 nitrogen and oxygen atoms in total. The summed E-state index contributed by atoms with van der Waals surface area (Å²) < 4.78 is 4.86. The number of benzene rings is 2. The first-order chi connectivity index (χ1) is 13.6. The fourth-order valence-corrected chi connectivity index (χ4v) is 3.37. The molecule has 1 aliphatic rings. The van der Waals surface area contributed by atoms with E-state index in [1.165, 1.54) is 7.11 Å². The predicted octanol–water partition coefficient (Wildman–Crippen LogP) is 5.23. The summed E-state index contributed by atoms with van der Waals surface area (Å²) in [5.41, 5.74) is 3.24. The maximum atomic E-state index is 12.2. The van der Waals surface area contributed by atoms with Crippen LogP contribution < -0.4 is 4.90 Å². The van der Waals surface area contributed by atoms with Gasteiger partial charge >= 0.3 is 5.97 Å². The number of carbonyl (C=O) groups is 1. The van der Waals surface area contributed by atoms with Crippen molar-refractivity contribution < 1.29 is 9.53 Å². The van der Waals surface area contributed by atoms with Crippen LogP contribution in [0.5, 0.6) is 0 Å². The van der Waals surface area contributed by atoms with Crippen LogP contribution in [-0.4, -0.2) is 30.1 Å². The minimum Gasteiger partial charge on any atom is -0.464 e. The van der Waals surface area contributed by atoms with E-state index in [2.05, 4.69) is 34.2 Å². The van der Waals surface area contributed by atoms with E-state index in [0.29, 0.717) is 11.6 Å². The van der Waals surface area contributed by atoms with Crippen molar-refractivity contribution in [1.82, 2.24) is 9.97 Å². The second-order valence-corrected chi connectivity index (χ2v) is 7.19. The minimum atomic E-state index is -0.554. The van der Waals surface area contributed by atoms with Crippen LogP contribution in [0.4, 0.5) is 11.5 Å². The van der Waals surface area contributed by atoms with Gasteiger partial charge in [0.05, 0.1) is 7.11 Å². The summed E-state index contributed by atoms with van der Waals surface area (Å²) >= 11 is 6.51. The molecule has 0 amide bonds. The van der Waals surface area contributed by atoms with Crippen molar-refractivity contribution in [3.63, 3.8) is 0 Å². The van der Waals surface area contributed by atoms with Crippen molar-refractivity contribution >= 4 is 29.1 Å². The number of methoxy groups -OCH3 is 1. The SMILES string of the molecule is COC(=O)c1nc(C2CC2)nc(N(C)c2cccc(-c3ccccc3)c2)c1Cl. The van der Waals surface area contributed by atoms with Crippen molar-refractivity contribution in [2.75, 3.05) is 19.1 Å². The molecule has 1 saturated carbocycles. The molecular weight excluding hydrogens is 374 g/mol. The smallest absolute Gasteiger partial charge is 0.358 e. The zero-order chi connectivity index (χ0) is 19.7. The highest BCUT2D eigenvalue weighted by Gasteiger charge is 2.31. The third kappa shape index (κ3) is 3.58. The number of nitrogens with zero attached hydrogens (tertiary/aromatic N) is 3. The van der Waals surface area contributed by atoms with Gasteiger partial charge in [0.1, 0.15) is 10.8 Å². The normalized spacial score (nSPS) is 13.2. The van der Waals surface area contributed by atoms with Gasteiger partial charge in [-0.3, -0.25) is 0 Å². The van der Waals surface area contributed by atoms with Crippen LogP contribution in [0.1, 0.15) is 35.1 Å². The minimum absolute atomic E-state index is 0.113. The standard InChI is InChI=1S/C22H20ClN3O2/c1-26(17-10-6-9-16(13-17)14-7-4-3-5-8-14)21-18(23)19(22(27)28-2)24-20(25-21)15-11-12-15/h3-10,13,15H,11-12H2,1-2H3. The summed E-state index contributed by atoms with van der Waals surface area (Å²) in [6, 6.07) is 18.3. The predicted molar refractivity (Wildman–Crippen MR) is 110 cm³/mol. The molecular formula is C22H20ClN3O2. The number of rotatable bonds is 5. The molecule has 1 fully saturated rings. The van der Waals surface area contributed by atoms with Crippen LogP contribution in [-0.2, 0) is 4.74 Å². The van der Waals surface area contributed by atoms with E-state index in [0.717, 1.165) is 29.7 Å². The molecule has 1 aliphatic carbocycles. The van der Waals surface area contributed by atoms with Crippen LogP contribution in [0.3, 0.4) is 0 Å². The number of anilines is 2. The molecule has 3 aromatic rings. The molecule has 142 valence electrons. The van der Waals surface area contributed by atoms with Crippen molar-refractivity contribution in [2.45, 2.75) is 18.8 Å². The van der Waals surface area contributed by atoms with Gasteiger partial charge in [-0.05, 0) is 36.1 Å². The van der Waals surface area contributed by atoms with E-state index >= 15 is 0 Å². The van der Waals surface area contributed by atoms with Crippen LogP contribution in [0.15, 0.2) is 54.6 Å². The Morgan fingerprint density at radius 2 is 1.79 bits per heavy atom. The Morgan fingerprint density at radius 3 is 2.46 bits per heavy atom. The second-order valence-electron chi connectivity index (χ2n) is 6.81. The number of hydrogen-bond donors (Lipinski definition) is 0.